The fraction of sp³-hybridized carbons (Fsp3) is 0.533. The van der Waals surface area contributed by atoms with Crippen LogP contribution in [0, 0.1) is 5.92 Å². The number of methoxy groups -OCH3 is 2. The highest BCUT2D eigenvalue weighted by Crippen LogP contribution is 2.35. The van der Waals surface area contributed by atoms with Gasteiger partial charge in [0.25, 0.3) is 0 Å². The van der Waals surface area contributed by atoms with Crippen LogP contribution in [0.3, 0.4) is 0 Å². The predicted molar refractivity (Wildman–Crippen MR) is 78.2 cm³/mol. The molecule has 104 valence electrons. The van der Waals surface area contributed by atoms with Crippen LogP contribution < -0.4 is 9.47 Å². The number of rotatable bonds is 5. The SMILES string of the molecule is COc1cc(C(=O)CC2CCCC2)c(OC)cc1Br. The van der Waals surface area contributed by atoms with Crippen molar-refractivity contribution in [3.05, 3.63) is 22.2 Å². The van der Waals surface area contributed by atoms with Gasteiger partial charge in [-0.05, 0) is 34.0 Å². The van der Waals surface area contributed by atoms with Crippen LogP contribution in [0.5, 0.6) is 11.5 Å². The summed E-state index contributed by atoms with van der Waals surface area (Å²) in [6.07, 6.45) is 5.45. The lowest BCUT2D eigenvalue weighted by Crippen LogP contribution is -2.08. The van der Waals surface area contributed by atoms with Gasteiger partial charge in [-0.1, -0.05) is 25.7 Å². The molecule has 0 aliphatic heterocycles. The fourth-order valence-electron chi connectivity index (χ4n) is 2.66. The maximum Gasteiger partial charge on any atom is 0.167 e. The number of ketones is 1. The maximum atomic E-state index is 12.4. The number of benzene rings is 1. The van der Waals surface area contributed by atoms with Crippen LogP contribution in [0.25, 0.3) is 0 Å². The Balaban J connectivity index is 2.23. The van der Waals surface area contributed by atoms with Crippen LogP contribution in [0.15, 0.2) is 16.6 Å². The molecule has 0 amide bonds. The van der Waals surface area contributed by atoms with E-state index in [1.54, 1.807) is 26.4 Å². The molecule has 2 rings (SSSR count). The Bertz CT molecular complexity index is 465. The van der Waals surface area contributed by atoms with Crippen LogP contribution in [-0.2, 0) is 0 Å². The quantitative estimate of drug-likeness (QED) is 0.759. The molecule has 0 atom stereocenters. The predicted octanol–water partition coefficient (Wildman–Crippen LogP) is 4.23. The molecule has 0 radical (unpaired) electrons. The van der Waals surface area contributed by atoms with Gasteiger partial charge in [-0.2, -0.15) is 0 Å². The Morgan fingerprint density at radius 1 is 1.21 bits per heavy atom. The highest BCUT2D eigenvalue weighted by Gasteiger charge is 2.22. The molecule has 1 aromatic carbocycles. The van der Waals surface area contributed by atoms with Gasteiger partial charge in [-0.3, -0.25) is 4.79 Å². The molecule has 0 saturated heterocycles. The van der Waals surface area contributed by atoms with Crippen molar-refractivity contribution in [2.45, 2.75) is 32.1 Å². The van der Waals surface area contributed by atoms with Crippen molar-refractivity contribution < 1.29 is 14.3 Å². The van der Waals surface area contributed by atoms with Crippen LogP contribution in [0.4, 0.5) is 0 Å². The van der Waals surface area contributed by atoms with Gasteiger partial charge in [0.2, 0.25) is 0 Å². The third-order valence-electron chi connectivity index (χ3n) is 3.72. The van der Waals surface area contributed by atoms with Crippen molar-refractivity contribution in [1.29, 1.82) is 0 Å². The minimum Gasteiger partial charge on any atom is -0.496 e. The molecule has 19 heavy (non-hydrogen) atoms. The zero-order chi connectivity index (χ0) is 13.8. The van der Waals surface area contributed by atoms with Gasteiger partial charge >= 0.3 is 0 Å². The molecule has 3 nitrogen and oxygen atoms in total. The summed E-state index contributed by atoms with van der Waals surface area (Å²) in [6.45, 7) is 0. The van der Waals surface area contributed by atoms with Gasteiger partial charge in [0.05, 0.1) is 24.3 Å². The first kappa shape index (κ1) is 14.4. The normalized spacial score (nSPS) is 15.5. The first-order valence-corrected chi connectivity index (χ1v) is 7.39. The number of hydrogen-bond acceptors (Lipinski definition) is 3. The number of hydrogen-bond donors (Lipinski definition) is 0. The molecule has 1 fully saturated rings. The summed E-state index contributed by atoms with van der Waals surface area (Å²) in [4.78, 5) is 12.4. The lowest BCUT2D eigenvalue weighted by atomic mass is 9.96. The lowest BCUT2D eigenvalue weighted by molar-refractivity contribution is 0.0958. The average Bonchev–Trinajstić information content (AvgIpc) is 2.91. The molecule has 0 unspecified atom stereocenters. The van der Waals surface area contributed by atoms with Gasteiger partial charge in [-0.15, -0.1) is 0 Å². The molecule has 1 aliphatic rings. The molecule has 0 aromatic heterocycles. The summed E-state index contributed by atoms with van der Waals surface area (Å²) in [6, 6.07) is 3.56. The monoisotopic (exact) mass is 326 g/mol. The molecule has 1 aliphatic carbocycles. The summed E-state index contributed by atoms with van der Waals surface area (Å²) in [5, 5.41) is 0. The van der Waals surface area contributed by atoms with Crippen molar-refractivity contribution in [3.8, 4) is 11.5 Å². The highest BCUT2D eigenvalue weighted by molar-refractivity contribution is 9.10. The van der Waals surface area contributed by atoms with E-state index in [1.165, 1.54) is 25.7 Å². The summed E-state index contributed by atoms with van der Waals surface area (Å²) in [7, 11) is 3.18. The van der Waals surface area contributed by atoms with E-state index in [2.05, 4.69) is 15.9 Å². The third kappa shape index (κ3) is 3.30. The van der Waals surface area contributed by atoms with Gasteiger partial charge in [0.15, 0.2) is 5.78 Å². The van der Waals surface area contributed by atoms with Crippen molar-refractivity contribution in [3.63, 3.8) is 0 Å². The Hall–Kier alpha value is -1.03. The molecule has 0 spiro atoms. The van der Waals surface area contributed by atoms with Crippen LogP contribution in [0.1, 0.15) is 42.5 Å². The zero-order valence-electron chi connectivity index (χ0n) is 11.4. The van der Waals surface area contributed by atoms with Crippen molar-refractivity contribution in [2.75, 3.05) is 14.2 Å². The molecular weight excluding hydrogens is 308 g/mol. The van der Waals surface area contributed by atoms with E-state index in [0.29, 0.717) is 29.4 Å². The Labute approximate surface area is 122 Å². The second kappa shape index (κ2) is 6.42. The molecule has 4 heteroatoms. The number of carbonyl (C=O) groups excluding carboxylic acids is 1. The van der Waals surface area contributed by atoms with E-state index in [0.717, 1.165) is 4.47 Å². The second-order valence-corrected chi connectivity index (χ2v) is 5.82. The smallest absolute Gasteiger partial charge is 0.167 e. The standard InChI is InChI=1S/C15H19BrO3/c1-18-14-9-12(16)15(19-2)8-11(14)13(17)7-10-5-3-4-6-10/h8-10H,3-7H2,1-2H3. The summed E-state index contributed by atoms with van der Waals surface area (Å²) in [5.74, 6) is 1.95. The Morgan fingerprint density at radius 3 is 2.42 bits per heavy atom. The summed E-state index contributed by atoms with van der Waals surface area (Å²) in [5.41, 5.74) is 0.620. The van der Waals surface area contributed by atoms with E-state index in [1.807, 2.05) is 0 Å². The minimum atomic E-state index is 0.148. The molecule has 0 bridgehead atoms. The number of Topliss-reactive ketones (excluding diaryl/α,β-unsaturated/α-hetero) is 1. The molecule has 0 heterocycles. The van der Waals surface area contributed by atoms with Gasteiger partial charge < -0.3 is 9.47 Å². The number of ether oxygens (including phenoxy) is 2. The Kier molecular flexibility index (Phi) is 4.86. The van der Waals surface area contributed by atoms with E-state index in [9.17, 15) is 4.79 Å². The molecule has 1 aromatic rings. The fourth-order valence-corrected chi connectivity index (χ4v) is 3.15. The van der Waals surface area contributed by atoms with E-state index in [-0.39, 0.29) is 5.78 Å². The van der Waals surface area contributed by atoms with E-state index >= 15 is 0 Å². The van der Waals surface area contributed by atoms with Gasteiger partial charge in [0.1, 0.15) is 11.5 Å². The molecule has 0 N–H and O–H groups in total. The second-order valence-electron chi connectivity index (χ2n) is 4.96. The first-order valence-electron chi connectivity index (χ1n) is 6.60. The molecule has 1 saturated carbocycles. The molecular formula is C15H19BrO3. The summed E-state index contributed by atoms with van der Waals surface area (Å²) >= 11 is 3.40. The van der Waals surface area contributed by atoms with E-state index in [4.69, 9.17) is 9.47 Å². The topological polar surface area (TPSA) is 35.5 Å². The first-order chi connectivity index (χ1) is 9.15. The van der Waals surface area contributed by atoms with Gasteiger partial charge in [0, 0.05) is 6.42 Å². The zero-order valence-corrected chi connectivity index (χ0v) is 13.0. The maximum absolute atomic E-state index is 12.4. The van der Waals surface area contributed by atoms with Gasteiger partial charge in [-0.25, -0.2) is 0 Å². The van der Waals surface area contributed by atoms with Crippen molar-refractivity contribution in [1.82, 2.24) is 0 Å². The minimum absolute atomic E-state index is 0.148. The number of carbonyl (C=O) groups is 1. The van der Waals surface area contributed by atoms with Crippen LogP contribution in [0.2, 0.25) is 0 Å². The third-order valence-corrected chi connectivity index (χ3v) is 4.34. The number of halogens is 1. The van der Waals surface area contributed by atoms with E-state index < -0.39 is 0 Å². The van der Waals surface area contributed by atoms with Crippen molar-refractivity contribution >= 4 is 21.7 Å². The highest BCUT2D eigenvalue weighted by atomic mass is 79.9. The average molecular weight is 327 g/mol. The van der Waals surface area contributed by atoms with Crippen molar-refractivity contribution in [2.24, 2.45) is 5.92 Å². The summed E-state index contributed by atoms with van der Waals surface area (Å²) < 4.78 is 11.4. The Morgan fingerprint density at radius 2 is 1.84 bits per heavy atom. The lowest BCUT2D eigenvalue weighted by Gasteiger charge is -2.13. The largest absolute Gasteiger partial charge is 0.496 e. The van der Waals surface area contributed by atoms with Crippen LogP contribution >= 0.6 is 15.9 Å². The van der Waals surface area contributed by atoms with Crippen LogP contribution in [-0.4, -0.2) is 20.0 Å².